The van der Waals surface area contributed by atoms with Crippen LogP contribution in [0.2, 0.25) is 0 Å². The maximum absolute atomic E-state index is 11.9. The first kappa shape index (κ1) is 17.3. The van der Waals surface area contributed by atoms with Gasteiger partial charge in [-0.15, -0.1) is 0 Å². The number of amides is 1. The van der Waals surface area contributed by atoms with E-state index in [1.54, 1.807) is 13.2 Å². The number of hydrogen-bond acceptors (Lipinski definition) is 3. The zero-order valence-corrected chi connectivity index (χ0v) is 14.8. The Morgan fingerprint density at radius 1 is 1.28 bits per heavy atom. The molecule has 1 aliphatic rings. The third-order valence-corrected chi connectivity index (χ3v) is 4.62. The van der Waals surface area contributed by atoms with E-state index in [4.69, 9.17) is 9.15 Å². The van der Waals surface area contributed by atoms with Crippen LogP contribution in [0.3, 0.4) is 0 Å². The second-order valence-electron chi connectivity index (χ2n) is 6.64. The smallest absolute Gasteiger partial charge is 0.244 e. The summed E-state index contributed by atoms with van der Waals surface area (Å²) in [6.45, 7) is 2.88. The van der Waals surface area contributed by atoms with E-state index in [9.17, 15) is 4.79 Å². The molecule has 0 saturated heterocycles. The molecule has 1 fully saturated rings. The van der Waals surface area contributed by atoms with Gasteiger partial charge in [-0.05, 0) is 61.1 Å². The summed E-state index contributed by atoms with van der Waals surface area (Å²) in [5, 5.41) is 2.90. The first-order valence-corrected chi connectivity index (χ1v) is 8.84. The molecular weight excluding hydrogens is 314 g/mol. The normalized spacial score (nSPS) is 19.1. The predicted molar refractivity (Wildman–Crippen MR) is 98.6 cm³/mol. The van der Waals surface area contributed by atoms with Crippen molar-refractivity contribution in [3.8, 4) is 5.75 Å². The van der Waals surface area contributed by atoms with Crippen LogP contribution in [0.1, 0.15) is 42.8 Å². The Morgan fingerprint density at radius 3 is 2.72 bits per heavy atom. The van der Waals surface area contributed by atoms with Crippen molar-refractivity contribution in [1.82, 2.24) is 5.32 Å². The molecular formula is C21H25NO3. The molecule has 1 aromatic carbocycles. The van der Waals surface area contributed by atoms with E-state index in [2.05, 4.69) is 24.4 Å². The van der Waals surface area contributed by atoms with Gasteiger partial charge in [0.05, 0.1) is 7.11 Å². The van der Waals surface area contributed by atoms with E-state index in [-0.39, 0.29) is 5.91 Å². The molecule has 3 rings (SSSR count). The maximum Gasteiger partial charge on any atom is 0.244 e. The number of nitrogens with one attached hydrogen (secondary N) is 1. The molecule has 1 aliphatic carbocycles. The lowest BCUT2D eigenvalue weighted by Gasteiger charge is -2.04. The molecule has 1 amide bonds. The first-order chi connectivity index (χ1) is 12.2. The zero-order chi connectivity index (χ0) is 17.6. The van der Waals surface area contributed by atoms with Gasteiger partial charge in [0.1, 0.15) is 17.3 Å². The first-order valence-electron chi connectivity index (χ1n) is 8.84. The SMILES string of the molecule is COc1ccc(CCCNC(=O)C=Cc2ccc(C3CC3C)o2)cc1. The van der Waals surface area contributed by atoms with Gasteiger partial charge in [-0.1, -0.05) is 19.1 Å². The molecule has 1 N–H and O–H groups in total. The van der Waals surface area contributed by atoms with Crippen LogP contribution in [-0.2, 0) is 11.2 Å². The summed E-state index contributed by atoms with van der Waals surface area (Å²) in [5.41, 5.74) is 1.24. The Hall–Kier alpha value is -2.49. The lowest BCUT2D eigenvalue weighted by molar-refractivity contribution is -0.116. The highest BCUT2D eigenvalue weighted by atomic mass is 16.5. The van der Waals surface area contributed by atoms with Gasteiger partial charge in [-0.25, -0.2) is 0 Å². The van der Waals surface area contributed by atoms with E-state index in [0.717, 1.165) is 36.0 Å². The van der Waals surface area contributed by atoms with Crippen molar-refractivity contribution in [2.45, 2.75) is 32.1 Å². The molecule has 0 bridgehead atoms. The van der Waals surface area contributed by atoms with Crippen molar-refractivity contribution >= 4 is 12.0 Å². The number of rotatable bonds is 8. The standard InChI is InChI=1S/C21H25NO3/c1-15-14-19(15)20-11-9-18(25-20)10-12-21(23)22-13-3-4-16-5-7-17(24-2)8-6-16/h5-12,15,19H,3-4,13-14H2,1-2H3,(H,22,23). The third kappa shape index (κ3) is 4.99. The van der Waals surface area contributed by atoms with Crippen molar-refractivity contribution < 1.29 is 13.9 Å². The van der Waals surface area contributed by atoms with Crippen LogP contribution in [0.4, 0.5) is 0 Å². The summed E-state index contributed by atoms with van der Waals surface area (Å²) in [6, 6.07) is 12.0. The highest BCUT2D eigenvalue weighted by Crippen LogP contribution is 2.47. The van der Waals surface area contributed by atoms with E-state index < -0.39 is 0 Å². The molecule has 2 unspecified atom stereocenters. The molecule has 1 saturated carbocycles. The lowest BCUT2D eigenvalue weighted by Crippen LogP contribution is -2.22. The van der Waals surface area contributed by atoms with E-state index in [0.29, 0.717) is 12.5 Å². The van der Waals surface area contributed by atoms with Crippen molar-refractivity contribution in [3.05, 3.63) is 59.6 Å². The number of ether oxygens (including phenoxy) is 1. The average Bonchev–Trinajstić information content (AvgIpc) is 3.18. The van der Waals surface area contributed by atoms with Crippen LogP contribution in [-0.4, -0.2) is 19.6 Å². The molecule has 4 heteroatoms. The summed E-state index contributed by atoms with van der Waals surface area (Å²) < 4.78 is 10.9. The van der Waals surface area contributed by atoms with Gasteiger partial charge in [0.2, 0.25) is 5.91 Å². The molecule has 0 spiro atoms. The minimum absolute atomic E-state index is 0.0903. The highest BCUT2D eigenvalue weighted by Gasteiger charge is 2.36. The van der Waals surface area contributed by atoms with Gasteiger partial charge >= 0.3 is 0 Å². The molecule has 1 heterocycles. The maximum atomic E-state index is 11.9. The predicted octanol–water partition coefficient (Wildman–Crippen LogP) is 4.17. The number of benzene rings is 1. The van der Waals surface area contributed by atoms with Crippen LogP contribution in [0.5, 0.6) is 5.75 Å². The Balaban J connectivity index is 1.36. The van der Waals surface area contributed by atoms with Crippen molar-refractivity contribution in [3.63, 3.8) is 0 Å². The van der Waals surface area contributed by atoms with Crippen molar-refractivity contribution in [1.29, 1.82) is 0 Å². The number of carbonyl (C=O) groups excluding carboxylic acids is 1. The van der Waals surface area contributed by atoms with Crippen molar-refractivity contribution in [2.75, 3.05) is 13.7 Å². The molecule has 25 heavy (non-hydrogen) atoms. The molecule has 2 atom stereocenters. The van der Waals surface area contributed by atoms with Gasteiger partial charge in [0.15, 0.2) is 0 Å². The number of aryl methyl sites for hydroxylation is 1. The van der Waals surface area contributed by atoms with Gasteiger partial charge in [-0.2, -0.15) is 0 Å². The molecule has 2 aromatic rings. The molecule has 1 aromatic heterocycles. The van der Waals surface area contributed by atoms with Crippen molar-refractivity contribution in [2.24, 2.45) is 5.92 Å². The fraction of sp³-hybridized carbons (Fsp3) is 0.381. The van der Waals surface area contributed by atoms with Crippen LogP contribution < -0.4 is 10.1 Å². The van der Waals surface area contributed by atoms with Crippen LogP contribution in [0.25, 0.3) is 6.08 Å². The molecule has 0 aliphatic heterocycles. The molecule has 4 nitrogen and oxygen atoms in total. The summed E-state index contributed by atoms with van der Waals surface area (Å²) in [7, 11) is 1.66. The van der Waals surface area contributed by atoms with Gasteiger partial charge in [-0.3, -0.25) is 4.79 Å². The number of methoxy groups -OCH3 is 1. The lowest BCUT2D eigenvalue weighted by atomic mass is 10.1. The summed E-state index contributed by atoms with van der Waals surface area (Å²) >= 11 is 0. The number of carbonyl (C=O) groups is 1. The molecule has 132 valence electrons. The van der Waals surface area contributed by atoms with Crippen LogP contribution in [0.15, 0.2) is 46.9 Å². The second-order valence-corrected chi connectivity index (χ2v) is 6.64. The minimum Gasteiger partial charge on any atom is -0.497 e. The quantitative estimate of drug-likeness (QED) is 0.580. The van der Waals surface area contributed by atoms with Gasteiger partial charge in [0.25, 0.3) is 0 Å². The topological polar surface area (TPSA) is 51.5 Å². The summed E-state index contributed by atoms with van der Waals surface area (Å²) in [4.78, 5) is 11.9. The third-order valence-electron chi connectivity index (χ3n) is 4.62. The van der Waals surface area contributed by atoms with Crippen LogP contribution >= 0.6 is 0 Å². The largest absolute Gasteiger partial charge is 0.497 e. The number of hydrogen-bond donors (Lipinski definition) is 1. The number of furan rings is 1. The summed E-state index contributed by atoms with van der Waals surface area (Å²) in [5.74, 6) is 3.83. The Labute approximate surface area is 148 Å². The monoisotopic (exact) mass is 339 g/mol. The average molecular weight is 339 g/mol. The van der Waals surface area contributed by atoms with Gasteiger partial charge in [0, 0.05) is 18.5 Å². The Morgan fingerprint density at radius 2 is 2.04 bits per heavy atom. The highest BCUT2D eigenvalue weighted by molar-refractivity contribution is 5.91. The van der Waals surface area contributed by atoms with E-state index in [1.165, 1.54) is 18.1 Å². The Kier molecular flexibility index (Phi) is 5.59. The molecule has 0 radical (unpaired) electrons. The fourth-order valence-corrected chi connectivity index (χ4v) is 2.89. The minimum atomic E-state index is -0.0903. The Bertz CT molecular complexity index is 730. The van der Waals surface area contributed by atoms with Gasteiger partial charge < -0.3 is 14.5 Å². The fourth-order valence-electron chi connectivity index (χ4n) is 2.89. The summed E-state index contributed by atoms with van der Waals surface area (Å²) in [6.07, 6.45) is 6.29. The van der Waals surface area contributed by atoms with Crippen LogP contribution in [0, 0.1) is 5.92 Å². The van der Waals surface area contributed by atoms with E-state index in [1.807, 2.05) is 24.3 Å². The second kappa shape index (κ2) is 8.06. The zero-order valence-electron chi connectivity index (χ0n) is 14.8. The van der Waals surface area contributed by atoms with E-state index >= 15 is 0 Å².